The van der Waals surface area contributed by atoms with Crippen LogP contribution in [0.4, 0.5) is 0 Å². The standard InChI is InChI=1S/C11H17ClN2OS/c1-4-5-16-7-9(15)6-10-8(2)13-14(3)11(10)12/h4-7H2,1-3H3. The molecule has 16 heavy (non-hydrogen) atoms. The summed E-state index contributed by atoms with van der Waals surface area (Å²) in [4.78, 5) is 11.7. The molecule has 0 aromatic carbocycles. The maximum Gasteiger partial charge on any atom is 0.147 e. The number of Topliss-reactive ketones (excluding diaryl/α,β-unsaturated/α-hetero) is 1. The van der Waals surface area contributed by atoms with E-state index in [9.17, 15) is 4.79 Å². The van der Waals surface area contributed by atoms with Gasteiger partial charge in [-0.05, 0) is 19.1 Å². The van der Waals surface area contributed by atoms with Crippen molar-refractivity contribution < 1.29 is 4.79 Å². The number of thioether (sulfide) groups is 1. The molecule has 0 fully saturated rings. The van der Waals surface area contributed by atoms with Crippen LogP contribution < -0.4 is 0 Å². The van der Waals surface area contributed by atoms with Gasteiger partial charge in [0.05, 0.1) is 11.4 Å². The smallest absolute Gasteiger partial charge is 0.147 e. The largest absolute Gasteiger partial charge is 0.298 e. The number of ketones is 1. The fourth-order valence-corrected chi connectivity index (χ4v) is 2.46. The second kappa shape index (κ2) is 6.30. The van der Waals surface area contributed by atoms with E-state index in [4.69, 9.17) is 11.6 Å². The number of carbonyl (C=O) groups is 1. The number of rotatable bonds is 6. The minimum absolute atomic E-state index is 0.219. The molecule has 0 N–H and O–H groups in total. The Hall–Kier alpha value is -0.480. The van der Waals surface area contributed by atoms with Gasteiger partial charge in [-0.15, -0.1) is 0 Å². The number of nitrogens with zero attached hydrogens (tertiary/aromatic N) is 2. The van der Waals surface area contributed by atoms with Crippen molar-refractivity contribution in [3.8, 4) is 0 Å². The normalized spacial score (nSPS) is 10.8. The Balaban J connectivity index is 2.56. The second-order valence-electron chi connectivity index (χ2n) is 3.75. The van der Waals surface area contributed by atoms with Gasteiger partial charge in [0.15, 0.2) is 0 Å². The van der Waals surface area contributed by atoms with Crippen molar-refractivity contribution >= 4 is 29.1 Å². The summed E-state index contributed by atoms with van der Waals surface area (Å²) in [5.74, 6) is 1.82. The Morgan fingerprint density at radius 3 is 2.75 bits per heavy atom. The van der Waals surface area contributed by atoms with Crippen LogP contribution in [0.15, 0.2) is 0 Å². The van der Waals surface area contributed by atoms with E-state index in [1.165, 1.54) is 0 Å². The zero-order valence-corrected chi connectivity index (χ0v) is 11.5. The van der Waals surface area contributed by atoms with E-state index in [-0.39, 0.29) is 5.78 Å². The molecule has 1 heterocycles. The quantitative estimate of drug-likeness (QED) is 0.738. The molecule has 0 radical (unpaired) electrons. The molecule has 3 nitrogen and oxygen atoms in total. The predicted molar refractivity (Wildman–Crippen MR) is 69.3 cm³/mol. The third kappa shape index (κ3) is 3.52. The highest BCUT2D eigenvalue weighted by molar-refractivity contribution is 7.99. The van der Waals surface area contributed by atoms with Crippen LogP contribution in [0, 0.1) is 6.92 Å². The monoisotopic (exact) mass is 260 g/mol. The Kier molecular flexibility index (Phi) is 5.35. The van der Waals surface area contributed by atoms with Crippen molar-refractivity contribution in [1.29, 1.82) is 0 Å². The van der Waals surface area contributed by atoms with Crippen LogP contribution in [0.2, 0.25) is 5.15 Å². The van der Waals surface area contributed by atoms with Gasteiger partial charge in [0.1, 0.15) is 10.9 Å². The molecular weight excluding hydrogens is 244 g/mol. The van der Waals surface area contributed by atoms with E-state index in [2.05, 4.69) is 12.0 Å². The summed E-state index contributed by atoms with van der Waals surface area (Å²) in [5.41, 5.74) is 1.72. The molecule has 0 aliphatic heterocycles. The number of halogens is 1. The topological polar surface area (TPSA) is 34.9 Å². The molecule has 0 aliphatic carbocycles. The highest BCUT2D eigenvalue weighted by Gasteiger charge is 2.14. The van der Waals surface area contributed by atoms with Gasteiger partial charge < -0.3 is 0 Å². The third-order valence-corrected chi connectivity index (χ3v) is 3.95. The van der Waals surface area contributed by atoms with Gasteiger partial charge in [-0.25, -0.2) is 0 Å². The molecule has 0 spiro atoms. The van der Waals surface area contributed by atoms with Crippen LogP contribution in [0.25, 0.3) is 0 Å². The number of aromatic nitrogens is 2. The number of hydrogen-bond acceptors (Lipinski definition) is 3. The highest BCUT2D eigenvalue weighted by atomic mass is 35.5. The summed E-state index contributed by atoms with van der Waals surface area (Å²) in [6, 6.07) is 0. The molecule has 0 bridgehead atoms. The maximum atomic E-state index is 11.7. The van der Waals surface area contributed by atoms with Crippen LogP contribution in [0.3, 0.4) is 0 Å². The molecule has 0 unspecified atom stereocenters. The maximum absolute atomic E-state index is 11.7. The van der Waals surface area contributed by atoms with Crippen molar-refractivity contribution in [2.75, 3.05) is 11.5 Å². The van der Waals surface area contributed by atoms with Crippen LogP contribution in [0.5, 0.6) is 0 Å². The minimum atomic E-state index is 0.219. The summed E-state index contributed by atoms with van der Waals surface area (Å²) >= 11 is 7.74. The van der Waals surface area contributed by atoms with E-state index in [0.717, 1.165) is 23.4 Å². The molecule has 0 amide bonds. The van der Waals surface area contributed by atoms with E-state index in [0.29, 0.717) is 17.3 Å². The average Bonchev–Trinajstić information content (AvgIpc) is 2.46. The van der Waals surface area contributed by atoms with Gasteiger partial charge in [-0.2, -0.15) is 16.9 Å². The molecule has 0 saturated heterocycles. The van der Waals surface area contributed by atoms with Gasteiger partial charge in [0.25, 0.3) is 0 Å². The first-order chi connectivity index (χ1) is 7.56. The van der Waals surface area contributed by atoms with Gasteiger partial charge in [0, 0.05) is 19.0 Å². The van der Waals surface area contributed by atoms with Crippen molar-refractivity contribution in [2.24, 2.45) is 7.05 Å². The highest BCUT2D eigenvalue weighted by Crippen LogP contribution is 2.19. The van der Waals surface area contributed by atoms with Crippen molar-refractivity contribution in [2.45, 2.75) is 26.7 Å². The summed E-state index contributed by atoms with van der Waals surface area (Å²) in [6.07, 6.45) is 1.50. The van der Waals surface area contributed by atoms with E-state index in [1.807, 2.05) is 6.92 Å². The minimum Gasteiger partial charge on any atom is -0.298 e. The molecule has 0 atom stereocenters. The fourth-order valence-electron chi connectivity index (χ4n) is 1.45. The lowest BCUT2D eigenvalue weighted by Gasteiger charge is -2.00. The number of carbonyl (C=O) groups excluding carboxylic acids is 1. The summed E-state index contributed by atoms with van der Waals surface area (Å²) in [7, 11) is 1.79. The van der Waals surface area contributed by atoms with Crippen molar-refractivity contribution in [3.05, 3.63) is 16.4 Å². The molecular formula is C11H17ClN2OS. The van der Waals surface area contributed by atoms with Crippen LogP contribution >= 0.6 is 23.4 Å². The Bertz CT molecular complexity index is 376. The molecule has 90 valence electrons. The van der Waals surface area contributed by atoms with Gasteiger partial charge in [-0.1, -0.05) is 18.5 Å². The average molecular weight is 261 g/mol. The SMILES string of the molecule is CCCSCC(=O)Cc1c(C)nn(C)c1Cl. The fraction of sp³-hybridized carbons (Fsp3) is 0.636. The Labute approximate surface area is 106 Å². The van der Waals surface area contributed by atoms with Crippen molar-refractivity contribution in [3.63, 3.8) is 0 Å². The van der Waals surface area contributed by atoms with Crippen LogP contribution in [0.1, 0.15) is 24.6 Å². The first-order valence-electron chi connectivity index (χ1n) is 5.33. The molecule has 1 aromatic heterocycles. The second-order valence-corrected chi connectivity index (χ2v) is 5.21. The first-order valence-corrected chi connectivity index (χ1v) is 6.87. The molecule has 5 heteroatoms. The zero-order chi connectivity index (χ0) is 12.1. The molecule has 1 aromatic rings. The van der Waals surface area contributed by atoms with Crippen LogP contribution in [-0.2, 0) is 18.3 Å². The van der Waals surface area contributed by atoms with Gasteiger partial charge in [0.2, 0.25) is 0 Å². The summed E-state index contributed by atoms with van der Waals surface area (Å²) in [5, 5.41) is 4.76. The molecule has 0 saturated carbocycles. The van der Waals surface area contributed by atoms with E-state index < -0.39 is 0 Å². The molecule has 1 rings (SSSR count). The summed E-state index contributed by atoms with van der Waals surface area (Å²) in [6.45, 7) is 3.99. The third-order valence-electron chi connectivity index (χ3n) is 2.26. The first kappa shape index (κ1) is 13.6. The lowest BCUT2D eigenvalue weighted by atomic mass is 10.1. The van der Waals surface area contributed by atoms with E-state index in [1.54, 1.807) is 23.5 Å². The lowest BCUT2D eigenvalue weighted by Crippen LogP contribution is -2.07. The number of hydrogen-bond donors (Lipinski definition) is 0. The predicted octanol–water partition coefficient (Wildman–Crippen LogP) is 2.64. The van der Waals surface area contributed by atoms with Crippen LogP contribution in [-0.4, -0.2) is 27.1 Å². The lowest BCUT2D eigenvalue weighted by molar-refractivity contribution is -0.116. The Morgan fingerprint density at radius 2 is 2.25 bits per heavy atom. The Morgan fingerprint density at radius 1 is 1.56 bits per heavy atom. The van der Waals surface area contributed by atoms with E-state index >= 15 is 0 Å². The van der Waals surface area contributed by atoms with Crippen molar-refractivity contribution in [1.82, 2.24) is 9.78 Å². The van der Waals surface area contributed by atoms with Gasteiger partial charge >= 0.3 is 0 Å². The molecule has 0 aliphatic rings. The summed E-state index contributed by atoms with van der Waals surface area (Å²) < 4.78 is 1.61. The zero-order valence-electron chi connectivity index (χ0n) is 9.92. The number of aryl methyl sites for hydroxylation is 2. The van der Waals surface area contributed by atoms with Gasteiger partial charge in [-0.3, -0.25) is 9.48 Å².